The molecule has 1 heterocycles. The number of hydrogen-bond acceptors (Lipinski definition) is 6. The van der Waals surface area contributed by atoms with Crippen molar-refractivity contribution in [2.24, 2.45) is 0 Å². The number of ether oxygens (including phenoxy) is 1. The van der Waals surface area contributed by atoms with Crippen LogP contribution < -0.4 is 15.9 Å². The average molecular weight is 415 g/mol. The monoisotopic (exact) mass is 415 g/mol. The number of carbonyl (C=O) groups excluding carboxylic acids is 1. The number of aryl methyl sites for hydroxylation is 2. The Hall–Kier alpha value is -3.07. The van der Waals surface area contributed by atoms with Crippen LogP contribution in [0.4, 0.5) is 10.1 Å². The summed E-state index contributed by atoms with van der Waals surface area (Å²) in [5.41, 5.74) is 2.56. The number of nitrogens with one attached hydrogen (secondary N) is 1. The van der Waals surface area contributed by atoms with Gasteiger partial charge in [0.25, 0.3) is 0 Å². The highest BCUT2D eigenvalue weighted by molar-refractivity contribution is 8.00. The van der Waals surface area contributed by atoms with Crippen molar-refractivity contribution >= 4 is 23.4 Å². The molecule has 0 radical (unpaired) electrons. The normalized spacial score (nSPS) is 11.9. The molecule has 0 saturated heterocycles. The lowest BCUT2D eigenvalue weighted by molar-refractivity contribution is -0.115. The molecule has 9 heteroatoms. The summed E-state index contributed by atoms with van der Waals surface area (Å²) in [4.78, 5) is 12.3. The fourth-order valence-electron chi connectivity index (χ4n) is 2.61. The van der Waals surface area contributed by atoms with Gasteiger partial charge in [-0.2, -0.15) is 0 Å². The Morgan fingerprint density at radius 1 is 1.28 bits per heavy atom. The van der Waals surface area contributed by atoms with Crippen LogP contribution in [0, 0.1) is 19.7 Å². The van der Waals surface area contributed by atoms with Crippen molar-refractivity contribution in [2.45, 2.75) is 37.8 Å². The van der Waals surface area contributed by atoms with Crippen molar-refractivity contribution in [3.8, 4) is 5.75 Å². The molecule has 0 aliphatic heterocycles. The molecule has 0 aliphatic rings. The minimum absolute atomic E-state index is 0.151. The van der Waals surface area contributed by atoms with Gasteiger partial charge in [0, 0.05) is 5.69 Å². The summed E-state index contributed by atoms with van der Waals surface area (Å²) in [6.07, 6.45) is 0. The van der Waals surface area contributed by atoms with Crippen molar-refractivity contribution in [2.75, 3.05) is 11.2 Å². The Labute approximate surface area is 172 Å². The second-order valence-corrected chi connectivity index (χ2v) is 7.89. The molecule has 0 bridgehead atoms. The first-order valence-corrected chi connectivity index (χ1v) is 9.84. The number of nitrogens with zero attached hydrogens (tertiary/aromatic N) is 3. The third-order valence-electron chi connectivity index (χ3n) is 4.17. The van der Waals surface area contributed by atoms with E-state index < -0.39 is 11.1 Å². The third kappa shape index (κ3) is 5.26. The highest BCUT2D eigenvalue weighted by atomic mass is 32.2. The van der Waals surface area contributed by atoms with E-state index >= 15 is 0 Å². The zero-order chi connectivity index (χ0) is 21.0. The Balaban J connectivity index is 1.60. The van der Waals surface area contributed by atoms with E-state index in [4.69, 9.17) is 10.6 Å². The quantitative estimate of drug-likeness (QED) is 0.453. The van der Waals surface area contributed by atoms with Crippen LogP contribution in [0.25, 0.3) is 0 Å². The first kappa shape index (κ1) is 20.7. The van der Waals surface area contributed by atoms with E-state index in [0.29, 0.717) is 16.7 Å². The van der Waals surface area contributed by atoms with E-state index in [2.05, 4.69) is 15.5 Å². The van der Waals surface area contributed by atoms with Crippen LogP contribution in [0.2, 0.25) is 0 Å². The first-order valence-electron chi connectivity index (χ1n) is 8.96. The number of amides is 1. The maximum Gasteiger partial charge on any atom is 0.237 e. The zero-order valence-corrected chi connectivity index (χ0v) is 17.2. The minimum atomic E-state index is -0.516. The summed E-state index contributed by atoms with van der Waals surface area (Å²) in [6.45, 7) is 5.84. The standard InChI is InChI=1S/C20H22FN5O2S/c1-12-7-8-17(13(2)9-12)28-11-18-24-25-20(26(18)22)29-14(3)19(27)23-16-6-4-5-15(21)10-16/h4-10,14H,11,22H2,1-3H3,(H,23,27)/t14-/m0/s1. The van der Waals surface area contributed by atoms with E-state index in [9.17, 15) is 9.18 Å². The molecule has 0 fully saturated rings. The number of halogens is 1. The Morgan fingerprint density at radius 2 is 2.07 bits per heavy atom. The molecule has 3 rings (SSSR count). The number of benzene rings is 2. The molecule has 0 aliphatic carbocycles. The van der Waals surface area contributed by atoms with Gasteiger partial charge in [0.05, 0.1) is 5.25 Å². The molecule has 0 saturated carbocycles. The van der Waals surface area contributed by atoms with Gasteiger partial charge in [-0.25, -0.2) is 9.07 Å². The van der Waals surface area contributed by atoms with E-state index in [0.717, 1.165) is 28.6 Å². The highest BCUT2D eigenvalue weighted by Gasteiger charge is 2.20. The number of carbonyl (C=O) groups is 1. The third-order valence-corrected chi connectivity index (χ3v) is 5.22. The van der Waals surface area contributed by atoms with Gasteiger partial charge >= 0.3 is 0 Å². The van der Waals surface area contributed by atoms with Crippen molar-refractivity contribution in [3.05, 3.63) is 65.2 Å². The van der Waals surface area contributed by atoms with Crippen molar-refractivity contribution in [3.63, 3.8) is 0 Å². The summed E-state index contributed by atoms with van der Waals surface area (Å²) >= 11 is 1.15. The number of hydrogen-bond donors (Lipinski definition) is 2. The number of nitrogens with two attached hydrogens (primary N) is 1. The van der Waals surface area contributed by atoms with Crippen LogP contribution in [-0.2, 0) is 11.4 Å². The molecular weight excluding hydrogens is 393 g/mol. The second-order valence-electron chi connectivity index (χ2n) is 6.59. The summed E-state index contributed by atoms with van der Waals surface area (Å²) in [6, 6.07) is 11.6. The van der Waals surface area contributed by atoms with Crippen LogP contribution in [-0.4, -0.2) is 26.0 Å². The van der Waals surface area contributed by atoms with E-state index in [-0.39, 0.29) is 12.5 Å². The number of aromatic nitrogens is 3. The van der Waals surface area contributed by atoms with Crippen LogP contribution in [0.3, 0.4) is 0 Å². The van der Waals surface area contributed by atoms with Gasteiger partial charge in [-0.05, 0) is 50.6 Å². The fourth-order valence-corrected chi connectivity index (χ4v) is 3.40. The lowest BCUT2D eigenvalue weighted by Crippen LogP contribution is -2.24. The molecule has 7 nitrogen and oxygen atoms in total. The summed E-state index contributed by atoms with van der Waals surface area (Å²) in [5, 5.41) is 10.6. The molecule has 1 atom stereocenters. The van der Waals surface area contributed by atoms with Crippen molar-refractivity contribution < 1.29 is 13.9 Å². The molecule has 152 valence electrons. The maximum absolute atomic E-state index is 13.3. The van der Waals surface area contributed by atoms with Crippen LogP contribution >= 0.6 is 11.8 Å². The SMILES string of the molecule is Cc1ccc(OCc2nnc(S[C@@H](C)C(=O)Nc3cccc(F)c3)n2N)c(C)c1. The van der Waals surface area contributed by atoms with Gasteiger partial charge in [0.1, 0.15) is 18.2 Å². The number of anilines is 1. The van der Waals surface area contributed by atoms with Gasteiger partial charge in [0.2, 0.25) is 11.1 Å². The smallest absolute Gasteiger partial charge is 0.237 e. The second kappa shape index (κ2) is 8.95. The van der Waals surface area contributed by atoms with Crippen LogP contribution in [0.5, 0.6) is 5.75 Å². The first-order chi connectivity index (χ1) is 13.8. The molecular formula is C20H22FN5O2S. The predicted octanol–water partition coefficient (Wildman–Crippen LogP) is 3.45. The molecule has 2 aromatic carbocycles. The summed E-state index contributed by atoms with van der Waals surface area (Å²) < 4.78 is 20.3. The van der Waals surface area contributed by atoms with Gasteiger partial charge in [0.15, 0.2) is 5.82 Å². The molecule has 1 amide bonds. The lowest BCUT2D eigenvalue weighted by Gasteiger charge is -2.12. The average Bonchev–Trinajstić information content (AvgIpc) is 3.01. The number of rotatable bonds is 7. The molecule has 3 aromatic rings. The van der Waals surface area contributed by atoms with Crippen molar-refractivity contribution in [1.82, 2.24) is 14.9 Å². The Morgan fingerprint density at radius 3 is 2.79 bits per heavy atom. The molecule has 0 spiro atoms. The minimum Gasteiger partial charge on any atom is -0.485 e. The molecule has 0 unspecified atom stereocenters. The number of thioether (sulfide) groups is 1. The topological polar surface area (TPSA) is 95.1 Å². The van der Waals surface area contributed by atoms with Gasteiger partial charge in [-0.1, -0.05) is 35.5 Å². The zero-order valence-electron chi connectivity index (χ0n) is 16.3. The van der Waals surface area contributed by atoms with E-state index in [1.54, 1.807) is 13.0 Å². The Bertz CT molecular complexity index is 1020. The highest BCUT2D eigenvalue weighted by Crippen LogP contribution is 2.23. The Kier molecular flexibility index (Phi) is 6.38. The summed E-state index contributed by atoms with van der Waals surface area (Å²) in [7, 11) is 0. The number of nitrogen functional groups attached to an aromatic ring is 1. The lowest BCUT2D eigenvalue weighted by atomic mass is 10.1. The van der Waals surface area contributed by atoms with Gasteiger partial charge < -0.3 is 15.9 Å². The van der Waals surface area contributed by atoms with Crippen LogP contribution in [0.15, 0.2) is 47.6 Å². The largest absolute Gasteiger partial charge is 0.485 e. The van der Waals surface area contributed by atoms with E-state index in [1.807, 2.05) is 32.0 Å². The van der Waals surface area contributed by atoms with Crippen LogP contribution in [0.1, 0.15) is 23.9 Å². The molecule has 29 heavy (non-hydrogen) atoms. The van der Waals surface area contributed by atoms with Gasteiger partial charge in [-0.3, -0.25) is 4.79 Å². The van der Waals surface area contributed by atoms with Gasteiger partial charge in [-0.15, -0.1) is 10.2 Å². The van der Waals surface area contributed by atoms with E-state index in [1.165, 1.54) is 22.9 Å². The summed E-state index contributed by atoms with van der Waals surface area (Å²) in [5.74, 6) is 6.53. The fraction of sp³-hybridized carbons (Fsp3) is 0.250. The predicted molar refractivity (Wildman–Crippen MR) is 111 cm³/mol. The van der Waals surface area contributed by atoms with Crippen molar-refractivity contribution in [1.29, 1.82) is 0 Å². The molecule has 1 aromatic heterocycles. The molecule has 3 N–H and O–H groups in total. The maximum atomic E-state index is 13.3.